The largest absolute Gasteiger partial charge is 0.351 e. The number of carbonyl (C=O) groups is 3. The summed E-state index contributed by atoms with van der Waals surface area (Å²) < 4.78 is 13.8. The second-order valence-electron chi connectivity index (χ2n) is 10.5. The van der Waals surface area contributed by atoms with Crippen molar-refractivity contribution in [2.45, 2.75) is 102 Å². The van der Waals surface area contributed by atoms with Gasteiger partial charge < -0.3 is 15.5 Å². The topological polar surface area (TPSA) is 91.4 Å². The van der Waals surface area contributed by atoms with E-state index in [1.807, 2.05) is 0 Å². The number of nitrogens with one attached hydrogen (secondary N) is 2. The summed E-state index contributed by atoms with van der Waals surface area (Å²) in [6.07, 6.45) is 12.3. The summed E-state index contributed by atoms with van der Waals surface area (Å²) in [5, 5.41) is 5.96. The SMILES string of the molecule is O=C(CCCC(=O)N(C1CCCCC1)[C@@H](C(=O)NC1CCCCC1)c1ccc(F)cc1)Nc1ccccn1. The van der Waals surface area contributed by atoms with Gasteiger partial charge >= 0.3 is 0 Å². The van der Waals surface area contributed by atoms with E-state index in [1.165, 1.54) is 18.6 Å². The van der Waals surface area contributed by atoms with Gasteiger partial charge in [0.25, 0.3) is 0 Å². The van der Waals surface area contributed by atoms with Crippen molar-refractivity contribution in [2.24, 2.45) is 0 Å². The second kappa shape index (κ2) is 14.0. The van der Waals surface area contributed by atoms with Crippen molar-refractivity contribution in [3.63, 3.8) is 0 Å². The Labute approximate surface area is 224 Å². The number of aromatic nitrogens is 1. The molecule has 2 N–H and O–H groups in total. The normalized spacial score (nSPS) is 17.4. The summed E-state index contributed by atoms with van der Waals surface area (Å²) in [6, 6.07) is 10.4. The van der Waals surface area contributed by atoms with Gasteiger partial charge in [-0.1, -0.05) is 56.7 Å². The summed E-state index contributed by atoms with van der Waals surface area (Å²) in [5.41, 5.74) is 0.617. The molecule has 3 amide bonds. The monoisotopic (exact) mass is 522 g/mol. The number of nitrogens with zero attached hydrogens (tertiary/aromatic N) is 2. The highest BCUT2D eigenvalue weighted by molar-refractivity contribution is 5.91. The Balaban J connectivity index is 1.50. The van der Waals surface area contributed by atoms with Crippen LogP contribution >= 0.6 is 0 Å². The maximum absolute atomic E-state index is 13.8. The number of carbonyl (C=O) groups excluding carboxylic acids is 3. The Bertz CT molecular complexity index is 1050. The Morgan fingerprint density at radius 2 is 1.58 bits per heavy atom. The van der Waals surface area contributed by atoms with Crippen molar-refractivity contribution in [1.29, 1.82) is 0 Å². The molecule has 0 aliphatic heterocycles. The molecule has 2 aliphatic carbocycles. The first kappa shape index (κ1) is 27.7. The van der Waals surface area contributed by atoms with Crippen LogP contribution in [0.25, 0.3) is 0 Å². The molecule has 1 heterocycles. The Morgan fingerprint density at radius 1 is 0.895 bits per heavy atom. The summed E-state index contributed by atoms with van der Waals surface area (Å²) in [6.45, 7) is 0. The third-order valence-corrected chi connectivity index (χ3v) is 7.65. The van der Waals surface area contributed by atoms with Gasteiger partial charge in [0, 0.05) is 31.1 Å². The molecule has 4 rings (SSSR count). The lowest BCUT2D eigenvalue weighted by Gasteiger charge is -2.40. The minimum absolute atomic E-state index is 0.0641. The average molecular weight is 523 g/mol. The number of benzene rings is 1. The van der Waals surface area contributed by atoms with Gasteiger partial charge in [-0.2, -0.15) is 0 Å². The van der Waals surface area contributed by atoms with E-state index >= 15 is 0 Å². The van der Waals surface area contributed by atoms with E-state index in [-0.39, 0.29) is 48.5 Å². The third kappa shape index (κ3) is 7.85. The van der Waals surface area contributed by atoms with E-state index in [0.717, 1.165) is 57.8 Å². The van der Waals surface area contributed by atoms with Crippen LogP contribution in [0.5, 0.6) is 0 Å². The molecule has 2 aliphatic rings. The number of pyridine rings is 1. The fourth-order valence-corrected chi connectivity index (χ4v) is 5.70. The first-order valence-corrected chi connectivity index (χ1v) is 14.1. The van der Waals surface area contributed by atoms with Gasteiger partial charge in [-0.15, -0.1) is 0 Å². The summed E-state index contributed by atoms with van der Waals surface area (Å²) in [7, 11) is 0. The van der Waals surface area contributed by atoms with Gasteiger partial charge in [-0.05, 0) is 61.9 Å². The van der Waals surface area contributed by atoms with Gasteiger partial charge in [0.1, 0.15) is 17.7 Å². The smallest absolute Gasteiger partial charge is 0.247 e. The standard InChI is InChI=1S/C30H39FN4O3/c31-23-19-17-22(18-20-23)29(30(38)33-24-10-3-1-4-11-24)35(25-12-5-2-6-13-25)28(37)16-9-15-27(36)34-26-14-7-8-21-32-26/h7-8,14,17-21,24-25,29H,1-6,9-13,15-16H2,(H,33,38)(H,32,34,36)/t29-/m1/s1. The van der Waals surface area contributed by atoms with Gasteiger partial charge in [0.15, 0.2) is 0 Å². The molecule has 7 nitrogen and oxygen atoms in total. The molecular weight excluding hydrogens is 483 g/mol. The van der Waals surface area contributed by atoms with E-state index in [4.69, 9.17) is 0 Å². The molecular formula is C30H39FN4O3. The summed E-state index contributed by atoms with van der Waals surface area (Å²) >= 11 is 0. The van der Waals surface area contributed by atoms with Crippen LogP contribution in [0.2, 0.25) is 0 Å². The quantitative estimate of drug-likeness (QED) is 0.420. The number of amides is 3. The minimum atomic E-state index is -0.824. The molecule has 1 atom stereocenters. The first-order chi connectivity index (χ1) is 18.5. The lowest BCUT2D eigenvalue weighted by atomic mass is 9.90. The zero-order valence-corrected chi connectivity index (χ0v) is 22.0. The molecule has 0 saturated heterocycles. The zero-order chi connectivity index (χ0) is 26.7. The molecule has 8 heteroatoms. The fourth-order valence-electron chi connectivity index (χ4n) is 5.70. The van der Waals surface area contributed by atoms with Crippen LogP contribution in [0.3, 0.4) is 0 Å². The molecule has 0 unspecified atom stereocenters. The highest BCUT2D eigenvalue weighted by Crippen LogP contribution is 2.32. The Morgan fingerprint density at radius 3 is 2.24 bits per heavy atom. The Hall–Kier alpha value is -3.29. The van der Waals surface area contributed by atoms with E-state index in [0.29, 0.717) is 17.8 Å². The van der Waals surface area contributed by atoms with Crippen molar-refractivity contribution < 1.29 is 18.8 Å². The van der Waals surface area contributed by atoms with Crippen LogP contribution in [0, 0.1) is 5.82 Å². The molecule has 1 aromatic carbocycles. The van der Waals surface area contributed by atoms with Gasteiger partial charge in [0.2, 0.25) is 17.7 Å². The summed E-state index contributed by atoms with van der Waals surface area (Å²) in [4.78, 5) is 45.9. The first-order valence-electron chi connectivity index (χ1n) is 14.1. The number of anilines is 1. The molecule has 0 radical (unpaired) electrons. The van der Waals surface area contributed by atoms with Crippen LogP contribution in [0.15, 0.2) is 48.7 Å². The molecule has 0 bridgehead atoms. The van der Waals surface area contributed by atoms with E-state index in [2.05, 4.69) is 15.6 Å². The highest BCUT2D eigenvalue weighted by Gasteiger charge is 2.37. The minimum Gasteiger partial charge on any atom is -0.351 e. The van der Waals surface area contributed by atoms with Crippen molar-refractivity contribution in [1.82, 2.24) is 15.2 Å². The lowest BCUT2D eigenvalue weighted by Crippen LogP contribution is -2.51. The number of halogens is 1. The molecule has 2 aromatic rings. The second-order valence-corrected chi connectivity index (χ2v) is 10.5. The van der Waals surface area contributed by atoms with Crippen LogP contribution in [0.4, 0.5) is 10.2 Å². The van der Waals surface area contributed by atoms with Crippen molar-refractivity contribution >= 4 is 23.5 Å². The van der Waals surface area contributed by atoms with Gasteiger partial charge in [0.05, 0.1) is 0 Å². The van der Waals surface area contributed by atoms with E-state index in [9.17, 15) is 18.8 Å². The van der Waals surface area contributed by atoms with Gasteiger partial charge in [-0.3, -0.25) is 14.4 Å². The molecule has 1 aromatic heterocycles. The average Bonchev–Trinajstić information content (AvgIpc) is 2.94. The third-order valence-electron chi connectivity index (χ3n) is 7.65. The van der Waals surface area contributed by atoms with Crippen molar-refractivity contribution in [3.05, 3.63) is 60.0 Å². The summed E-state index contributed by atoms with van der Waals surface area (Å²) in [5.74, 6) is -0.449. The fraction of sp³-hybridized carbons (Fsp3) is 0.533. The maximum atomic E-state index is 13.8. The predicted octanol–water partition coefficient (Wildman–Crippen LogP) is 5.68. The molecule has 0 spiro atoms. The van der Waals surface area contributed by atoms with Crippen LogP contribution in [-0.2, 0) is 14.4 Å². The molecule has 38 heavy (non-hydrogen) atoms. The predicted molar refractivity (Wildman–Crippen MR) is 145 cm³/mol. The van der Waals surface area contributed by atoms with Crippen LogP contribution in [0.1, 0.15) is 95.1 Å². The van der Waals surface area contributed by atoms with Crippen molar-refractivity contribution in [3.8, 4) is 0 Å². The van der Waals surface area contributed by atoms with Crippen molar-refractivity contribution in [2.75, 3.05) is 5.32 Å². The highest BCUT2D eigenvalue weighted by atomic mass is 19.1. The lowest BCUT2D eigenvalue weighted by molar-refractivity contribution is -0.145. The van der Waals surface area contributed by atoms with E-state index < -0.39 is 6.04 Å². The van der Waals surface area contributed by atoms with E-state index in [1.54, 1.807) is 41.4 Å². The number of hydrogen-bond acceptors (Lipinski definition) is 4. The number of hydrogen-bond donors (Lipinski definition) is 2. The molecule has 2 saturated carbocycles. The van der Waals surface area contributed by atoms with Gasteiger partial charge in [-0.25, -0.2) is 9.37 Å². The number of rotatable bonds is 10. The maximum Gasteiger partial charge on any atom is 0.247 e. The zero-order valence-electron chi connectivity index (χ0n) is 22.0. The Kier molecular flexibility index (Phi) is 10.2. The molecule has 204 valence electrons. The molecule has 2 fully saturated rings. The van der Waals surface area contributed by atoms with Crippen LogP contribution < -0.4 is 10.6 Å². The van der Waals surface area contributed by atoms with Crippen LogP contribution in [-0.4, -0.2) is 39.7 Å².